The van der Waals surface area contributed by atoms with E-state index >= 15 is 0 Å². The maximum absolute atomic E-state index is 11.4. The van der Waals surface area contributed by atoms with Crippen LogP contribution in [-0.4, -0.2) is 15.5 Å². The van der Waals surface area contributed by atoms with Gasteiger partial charge in [-0.1, -0.05) is 4.33 Å². The summed E-state index contributed by atoms with van der Waals surface area (Å²) in [4.78, 5) is 0.554. The summed E-state index contributed by atoms with van der Waals surface area (Å²) in [7, 11) is -5.50. The normalized spacial score (nSPS) is 12.8. The van der Waals surface area contributed by atoms with Gasteiger partial charge >= 0.3 is 18.4 Å². The van der Waals surface area contributed by atoms with Crippen molar-refractivity contribution < 1.29 is 26.5 Å². The number of hydrogen-bond donors (Lipinski definition) is 0. The maximum atomic E-state index is 11.4. The fraction of sp³-hybridized carbons (Fsp3) is 0.333. The van der Waals surface area contributed by atoms with E-state index in [2.05, 4.69) is 13.5 Å². The zero-order valence-electron chi connectivity index (χ0n) is 7.87. The topological polar surface area (TPSA) is 78.9 Å². The molecular weight excluding hydrogens is 263 g/mol. The number of thiophene rings is 1. The molecule has 0 aliphatic carbocycles. The van der Waals surface area contributed by atoms with Crippen LogP contribution in [0.25, 0.3) is 0 Å². The Morgan fingerprint density at radius 2 is 2.13 bits per heavy atom. The summed E-state index contributed by atoms with van der Waals surface area (Å²) >= 11 is 1.25. The molecule has 84 valence electrons. The Bertz CT molecular complexity index is 450. The Morgan fingerprint density at radius 1 is 1.47 bits per heavy atom. The Labute approximate surface area is 91.8 Å². The van der Waals surface area contributed by atoms with Crippen molar-refractivity contribution in [1.29, 1.82) is 0 Å². The lowest BCUT2D eigenvalue weighted by Crippen LogP contribution is -2.04. The molecule has 0 aromatic carbocycles. The van der Waals surface area contributed by atoms with Gasteiger partial charge in [0.2, 0.25) is 0 Å². The highest BCUT2D eigenvalue weighted by atomic mass is 32.2. The molecule has 9 heteroatoms. The second-order valence-corrected chi connectivity index (χ2v) is 5.91. The molecule has 6 nitrogen and oxygen atoms in total. The van der Waals surface area contributed by atoms with Crippen LogP contribution in [0.5, 0.6) is 0 Å². The van der Waals surface area contributed by atoms with Crippen LogP contribution in [0.15, 0.2) is 16.3 Å². The van der Waals surface area contributed by atoms with Crippen LogP contribution in [0, 0.1) is 6.92 Å². The van der Waals surface area contributed by atoms with E-state index in [0.717, 1.165) is 7.11 Å². The Kier molecular flexibility index (Phi) is 4.32. The first-order chi connectivity index (χ1) is 6.97. The van der Waals surface area contributed by atoms with Crippen molar-refractivity contribution in [2.24, 2.45) is 0 Å². The molecule has 1 unspecified atom stereocenters. The Balaban J connectivity index is 2.77. The molecule has 1 atom stereocenters. The molecule has 1 rings (SSSR count). The van der Waals surface area contributed by atoms with Gasteiger partial charge in [-0.05, 0) is 18.4 Å². The zero-order valence-corrected chi connectivity index (χ0v) is 10.4. The third-order valence-corrected chi connectivity index (χ3v) is 4.21. The first-order valence-electron chi connectivity index (χ1n) is 3.64. The number of aryl methyl sites for hydroxylation is 1. The van der Waals surface area contributed by atoms with Crippen LogP contribution in [0.4, 0.5) is 0 Å². The van der Waals surface area contributed by atoms with Gasteiger partial charge in [0.15, 0.2) is 0 Å². The second kappa shape index (κ2) is 5.11. The van der Waals surface area contributed by atoms with Crippen molar-refractivity contribution in [3.8, 4) is 0 Å². The average molecular weight is 271 g/mol. The molecule has 1 heterocycles. The second-order valence-electron chi connectivity index (χ2n) is 2.34. The minimum absolute atomic E-state index is 0.00740. The molecule has 1 aromatic rings. The Hall–Kier alpha value is -0.370. The van der Waals surface area contributed by atoms with E-state index in [1.165, 1.54) is 17.4 Å². The summed E-state index contributed by atoms with van der Waals surface area (Å²) in [5.41, 5.74) is 0. The van der Waals surface area contributed by atoms with Crippen LogP contribution in [0.2, 0.25) is 0 Å². The van der Waals surface area contributed by atoms with E-state index < -0.39 is 18.4 Å². The largest absolute Gasteiger partial charge is 0.729 e. The minimum Gasteiger partial charge on any atom is -0.191 e. The third-order valence-electron chi connectivity index (χ3n) is 1.41. The van der Waals surface area contributed by atoms with Crippen LogP contribution >= 0.6 is 19.6 Å². The standard InChI is InChI=1S/C6H8O6PS2/c1-5-6(3-4-14-5)15(8,9)12-11-13(7)10-2/h3-4H,1-2H3/q+1. The molecule has 0 bridgehead atoms. The van der Waals surface area contributed by atoms with Gasteiger partial charge in [-0.25, -0.2) is 0 Å². The van der Waals surface area contributed by atoms with Gasteiger partial charge in [0.05, 0.1) is 11.8 Å². The molecule has 0 saturated heterocycles. The van der Waals surface area contributed by atoms with Gasteiger partial charge < -0.3 is 0 Å². The van der Waals surface area contributed by atoms with Crippen LogP contribution in [-0.2, 0) is 28.2 Å². The average Bonchev–Trinajstić information content (AvgIpc) is 2.61. The molecule has 0 radical (unpaired) electrons. The molecule has 0 saturated carbocycles. The fourth-order valence-corrected chi connectivity index (χ4v) is 3.13. The lowest BCUT2D eigenvalue weighted by atomic mass is 10.5. The summed E-state index contributed by atoms with van der Waals surface area (Å²) < 4.78 is 45.8. The molecule has 15 heavy (non-hydrogen) atoms. The summed E-state index contributed by atoms with van der Waals surface area (Å²) in [6.45, 7) is 1.62. The quantitative estimate of drug-likeness (QED) is 0.463. The highest BCUT2D eigenvalue weighted by molar-refractivity contribution is 7.87. The van der Waals surface area contributed by atoms with Gasteiger partial charge in [-0.2, -0.15) is 8.42 Å². The van der Waals surface area contributed by atoms with E-state index in [9.17, 15) is 13.0 Å². The van der Waals surface area contributed by atoms with Gasteiger partial charge in [-0.3, -0.25) is 0 Å². The monoisotopic (exact) mass is 271 g/mol. The molecule has 0 fully saturated rings. The summed E-state index contributed by atoms with van der Waals surface area (Å²) in [5, 5.41) is 1.60. The molecule has 0 aliphatic heterocycles. The van der Waals surface area contributed by atoms with E-state index in [0.29, 0.717) is 4.88 Å². The Morgan fingerprint density at radius 3 is 2.60 bits per heavy atom. The molecular formula is C6H8O6PS2+. The van der Waals surface area contributed by atoms with Gasteiger partial charge in [0, 0.05) is 9.44 Å². The summed E-state index contributed by atoms with van der Waals surface area (Å²) in [6.07, 6.45) is 0. The minimum atomic E-state index is -4.03. The van der Waals surface area contributed by atoms with Crippen LogP contribution in [0.3, 0.4) is 0 Å². The van der Waals surface area contributed by atoms with Crippen molar-refractivity contribution in [3.05, 3.63) is 16.3 Å². The smallest absolute Gasteiger partial charge is 0.191 e. The molecule has 0 N–H and O–H groups in total. The van der Waals surface area contributed by atoms with Crippen molar-refractivity contribution in [2.45, 2.75) is 11.8 Å². The number of hydrogen-bond acceptors (Lipinski definition) is 7. The van der Waals surface area contributed by atoms with Crippen molar-refractivity contribution in [1.82, 2.24) is 0 Å². The predicted molar refractivity (Wildman–Crippen MR) is 53.0 cm³/mol. The van der Waals surface area contributed by atoms with Crippen LogP contribution < -0.4 is 0 Å². The lowest BCUT2D eigenvalue weighted by molar-refractivity contribution is -0.0962. The maximum Gasteiger partial charge on any atom is 0.729 e. The zero-order chi connectivity index (χ0) is 11.5. The SMILES string of the molecule is CO[P+](=O)OOS(=O)(=O)c1ccsc1C. The van der Waals surface area contributed by atoms with E-state index in [-0.39, 0.29) is 4.90 Å². The van der Waals surface area contributed by atoms with E-state index in [1.54, 1.807) is 12.3 Å². The molecule has 1 aromatic heterocycles. The first-order valence-corrected chi connectivity index (χ1v) is 7.02. The predicted octanol–water partition coefficient (Wildman–Crippen LogP) is 2.00. The van der Waals surface area contributed by atoms with E-state index in [4.69, 9.17) is 0 Å². The third kappa shape index (κ3) is 3.30. The summed E-state index contributed by atoms with van der Waals surface area (Å²) in [5.74, 6) is 0. The van der Waals surface area contributed by atoms with Crippen molar-refractivity contribution in [2.75, 3.05) is 7.11 Å². The van der Waals surface area contributed by atoms with Gasteiger partial charge in [-0.15, -0.1) is 15.9 Å². The number of rotatable bonds is 5. The lowest BCUT2D eigenvalue weighted by Gasteiger charge is -1.96. The first kappa shape index (κ1) is 12.7. The highest BCUT2D eigenvalue weighted by Gasteiger charge is 2.28. The summed E-state index contributed by atoms with van der Waals surface area (Å²) in [6, 6.07) is 1.37. The molecule has 0 spiro atoms. The van der Waals surface area contributed by atoms with Crippen LogP contribution in [0.1, 0.15) is 4.88 Å². The molecule has 0 aliphatic rings. The van der Waals surface area contributed by atoms with Gasteiger partial charge in [0.1, 0.15) is 4.90 Å². The highest BCUT2D eigenvalue weighted by Crippen LogP contribution is 2.28. The van der Waals surface area contributed by atoms with Crippen molar-refractivity contribution in [3.63, 3.8) is 0 Å². The van der Waals surface area contributed by atoms with Crippen molar-refractivity contribution >= 4 is 29.7 Å². The van der Waals surface area contributed by atoms with Gasteiger partial charge in [0.25, 0.3) is 0 Å². The molecule has 0 amide bonds. The van der Waals surface area contributed by atoms with E-state index in [1.807, 2.05) is 0 Å². The fourth-order valence-electron chi connectivity index (χ4n) is 0.765.